The molecule has 0 atom stereocenters. The Morgan fingerprint density at radius 3 is 2.50 bits per heavy atom. The Labute approximate surface area is 175 Å². The normalized spacial score (nSPS) is 13.0. The Bertz CT molecular complexity index is 1040. The van der Waals surface area contributed by atoms with Gasteiger partial charge in [0.2, 0.25) is 0 Å². The third-order valence-electron chi connectivity index (χ3n) is 5.13. The topological polar surface area (TPSA) is 74.0 Å². The van der Waals surface area contributed by atoms with Crippen molar-refractivity contribution in [1.29, 1.82) is 0 Å². The van der Waals surface area contributed by atoms with Crippen LogP contribution in [0.5, 0.6) is 17.2 Å². The number of hydrogen-bond acceptors (Lipinski definition) is 6. The van der Waals surface area contributed by atoms with Crippen molar-refractivity contribution in [3.05, 3.63) is 59.8 Å². The standard InChI is InChI=1S/C23H24N2O5/c1-27-18-6-4-5-15(11-18)23(26)25(17-7-8-17)14-16-12-22(30-24-16)20-10-9-19(28-2)13-21(20)29-3/h4-6,9-13,17H,7-8,14H2,1-3H3. The molecule has 7 nitrogen and oxygen atoms in total. The summed E-state index contributed by atoms with van der Waals surface area (Å²) in [5, 5.41) is 4.19. The van der Waals surface area contributed by atoms with E-state index in [-0.39, 0.29) is 11.9 Å². The SMILES string of the molecule is COc1cccc(C(=O)N(Cc2cc(-c3ccc(OC)cc3OC)on2)C2CC2)c1. The van der Waals surface area contributed by atoms with E-state index >= 15 is 0 Å². The van der Waals surface area contributed by atoms with Crippen LogP contribution >= 0.6 is 0 Å². The van der Waals surface area contributed by atoms with Gasteiger partial charge in [0.25, 0.3) is 5.91 Å². The van der Waals surface area contributed by atoms with Crippen LogP contribution in [0.3, 0.4) is 0 Å². The summed E-state index contributed by atoms with van der Waals surface area (Å²) < 4.78 is 21.5. The molecule has 30 heavy (non-hydrogen) atoms. The van der Waals surface area contributed by atoms with Crippen molar-refractivity contribution >= 4 is 5.91 Å². The van der Waals surface area contributed by atoms with Gasteiger partial charge < -0.3 is 23.6 Å². The highest BCUT2D eigenvalue weighted by Gasteiger charge is 2.34. The summed E-state index contributed by atoms with van der Waals surface area (Å²) >= 11 is 0. The molecule has 0 bridgehead atoms. The summed E-state index contributed by atoms with van der Waals surface area (Å²) in [6.45, 7) is 0.378. The highest BCUT2D eigenvalue weighted by Crippen LogP contribution is 2.35. The number of methoxy groups -OCH3 is 3. The molecular weight excluding hydrogens is 384 g/mol. The fraction of sp³-hybridized carbons (Fsp3) is 0.304. The molecular formula is C23H24N2O5. The third-order valence-corrected chi connectivity index (χ3v) is 5.13. The first-order valence-corrected chi connectivity index (χ1v) is 9.76. The van der Waals surface area contributed by atoms with Crippen LogP contribution in [0.1, 0.15) is 28.9 Å². The molecule has 1 amide bonds. The molecule has 4 rings (SSSR count). The van der Waals surface area contributed by atoms with Gasteiger partial charge in [0.15, 0.2) is 5.76 Å². The molecule has 2 aromatic carbocycles. The number of amides is 1. The summed E-state index contributed by atoms with van der Waals surface area (Å²) in [7, 11) is 4.79. The lowest BCUT2D eigenvalue weighted by Gasteiger charge is -2.21. The minimum absolute atomic E-state index is 0.0389. The second-order valence-corrected chi connectivity index (χ2v) is 7.14. The van der Waals surface area contributed by atoms with Crippen molar-refractivity contribution in [2.75, 3.05) is 21.3 Å². The zero-order chi connectivity index (χ0) is 21.1. The van der Waals surface area contributed by atoms with Crippen LogP contribution in [0.2, 0.25) is 0 Å². The van der Waals surface area contributed by atoms with Crippen LogP contribution in [-0.2, 0) is 6.54 Å². The van der Waals surface area contributed by atoms with Gasteiger partial charge in [-0.25, -0.2) is 0 Å². The zero-order valence-electron chi connectivity index (χ0n) is 17.3. The molecule has 7 heteroatoms. The number of ether oxygens (including phenoxy) is 3. The van der Waals surface area contributed by atoms with Gasteiger partial charge in [-0.3, -0.25) is 4.79 Å². The lowest BCUT2D eigenvalue weighted by atomic mass is 10.1. The van der Waals surface area contributed by atoms with Crippen molar-refractivity contribution in [2.45, 2.75) is 25.4 Å². The van der Waals surface area contributed by atoms with Crippen LogP contribution in [0.4, 0.5) is 0 Å². The quantitative estimate of drug-likeness (QED) is 0.557. The number of benzene rings is 2. The van der Waals surface area contributed by atoms with E-state index in [2.05, 4.69) is 5.16 Å². The maximum absolute atomic E-state index is 13.1. The average molecular weight is 408 g/mol. The van der Waals surface area contributed by atoms with Crippen molar-refractivity contribution in [2.24, 2.45) is 0 Å². The van der Waals surface area contributed by atoms with Crippen LogP contribution in [-0.4, -0.2) is 43.3 Å². The van der Waals surface area contributed by atoms with E-state index in [1.807, 2.05) is 35.2 Å². The fourth-order valence-electron chi connectivity index (χ4n) is 3.36. The van der Waals surface area contributed by atoms with Gasteiger partial charge in [-0.2, -0.15) is 0 Å². The summed E-state index contributed by atoms with van der Waals surface area (Å²) in [5.41, 5.74) is 2.06. The lowest BCUT2D eigenvalue weighted by molar-refractivity contribution is 0.0726. The molecule has 1 heterocycles. The second kappa shape index (κ2) is 8.49. The van der Waals surface area contributed by atoms with E-state index in [4.69, 9.17) is 18.7 Å². The second-order valence-electron chi connectivity index (χ2n) is 7.14. The summed E-state index contributed by atoms with van der Waals surface area (Å²) in [4.78, 5) is 15.0. The minimum atomic E-state index is -0.0389. The molecule has 0 unspecified atom stereocenters. The van der Waals surface area contributed by atoms with Crippen molar-refractivity contribution in [3.8, 4) is 28.6 Å². The Hall–Kier alpha value is -3.48. The number of carbonyl (C=O) groups excluding carboxylic acids is 1. The predicted molar refractivity (Wildman–Crippen MR) is 111 cm³/mol. The van der Waals surface area contributed by atoms with Gasteiger partial charge in [0, 0.05) is 23.7 Å². The van der Waals surface area contributed by atoms with Crippen molar-refractivity contribution < 1.29 is 23.5 Å². The van der Waals surface area contributed by atoms with Crippen molar-refractivity contribution in [3.63, 3.8) is 0 Å². The van der Waals surface area contributed by atoms with Crippen LogP contribution in [0, 0.1) is 0 Å². The number of carbonyl (C=O) groups is 1. The van der Waals surface area contributed by atoms with E-state index in [0.717, 1.165) is 18.4 Å². The summed E-state index contributed by atoms with van der Waals surface area (Å²) in [5.74, 6) is 2.52. The molecule has 0 spiro atoms. The number of aromatic nitrogens is 1. The van der Waals surface area contributed by atoms with Gasteiger partial charge in [-0.15, -0.1) is 0 Å². The monoisotopic (exact) mass is 408 g/mol. The molecule has 0 aliphatic heterocycles. The van der Waals surface area contributed by atoms with E-state index in [1.54, 1.807) is 39.5 Å². The van der Waals surface area contributed by atoms with Gasteiger partial charge in [0.1, 0.15) is 22.9 Å². The smallest absolute Gasteiger partial charge is 0.254 e. The van der Waals surface area contributed by atoms with E-state index in [1.165, 1.54) is 0 Å². The van der Waals surface area contributed by atoms with Crippen LogP contribution in [0.25, 0.3) is 11.3 Å². The number of rotatable bonds is 8. The molecule has 1 aliphatic carbocycles. The molecule has 1 aliphatic rings. The van der Waals surface area contributed by atoms with Crippen molar-refractivity contribution in [1.82, 2.24) is 10.1 Å². The van der Waals surface area contributed by atoms with E-state index < -0.39 is 0 Å². The highest BCUT2D eigenvalue weighted by atomic mass is 16.5. The maximum Gasteiger partial charge on any atom is 0.254 e. The first kappa shape index (κ1) is 19.8. The van der Waals surface area contributed by atoms with Gasteiger partial charge >= 0.3 is 0 Å². The Kier molecular flexibility index (Phi) is 5.61. The molecule has 0 N–H and O–H groups in total. The Balaban J connectivity index is 1.56. The summed E-state index contributed by atoms with van der Waals surface area (Å²) in [6, 6.07) is 14.8. The lowest BCUT2D eigenvalue weighted by Crippen LogP contribution is -2.32. The van der Waals surface area contributed by atoms with E-state index in [0.29, 0.717) is 40.8 Å². The van der Waals surface area contributed by atoms with Crippen LogP contribution in [0.15, 0.2) is 53.1 Å². The highest BCUT2D eigenvalue weighted by molar-refractivity contribution is 5.95. The molecule has 156 valence electrons. The summed E-state index contributed by atoms with van der Waals surface area (Å²) in [6.07, 6.45) is 1.99. The number of hydrogen-bond donors (Lipinski definition) is 0. The Morgan fingerprint density at radius 2 is 1.80 bits per heavy atom. The number of nitrogens with zero attached hydrogens (tertiary/aromatic N) is 2. The molecule has 0 radical (unpaired) electrons. The first-order chi connectivity index (χ1) is 14.6. The molecule has 3 aromatic rings. The minimum Gasteiger partial charge on any atom is -0.497 e. The van der Waals surface area contributed by atoms with Gasteiger partial charge in [0.05, 0.1) is 33.4 Å². The fourth-order valence-corrected chi connectivity index (χ4v) is 3.36. The third kappa shape index (κ3) is 4.10. The molecule has 1 fully saturated rings. The maximum atomic E-state index is 13.1. The predicted octanol–water partition coefficient (Wildman–Crippen LogP) is 4.17. The molecule has 1 saturated carbocycles. The largest absolute Gasteiger partial charge is 0.497 e. The van der Waals surface area contributed by atoms with Gasteiger partial charge in [-0.1, -0.05) is 11.2 Å². The average Bonchev–Trinajstić information content (AvgIpc) is 3.54. The molecule has 1 aromatic heterocycles. The first-order valence-electron chi connectivity index (χ1n) is 9.76. The van der Waals surface area contributed by atoms with E-state index in [9.17, 15) is 4.79 Å². The Morgan fingerprint density at radius 1 is 1.03 bits per heavy atom. The van der Waals surface area contributed by atoms with Crippen LogP contribution < -0.4 is 14.2 Å². The zero-order valence-corrected chi connectivity index (χ0v) is 17.3. The van der Waals surface area contributed by atoms with Gasteiger partial charge in [-0.05, 0) is 43.2 Å². The molecule has 0 saturated heterocycles.